The van der Waals surface area contributed by atoms with Crippen LogP contribution >= 0.6 is 0 Å². The molecule has 3 aromatic carbocycles. The van der Waals surface area contributed by atoms with Crippen LogP contribution in [0.3, 0.4) is 0 Å². The van der Waals surface area contributed by atoms with Gasteiger partial charge in [0.25, 0.3) is 0 Å². The van der Waals surface area contributed by atoms with Crippen molar-refractivity contribution in [2.24, 2.45) is 5.18 Å². The van der Waals surface area contributed by atoms with Crippen molar-refractivity contribution in [3.05, 3.63) is 82.5 Å². The topological polar surface area (TPSA) is 64.7 Å². The second-order valence-electron chi connectivity index (χ2n) is 5.66. The number of hydrogen-bond donors (Lipinski definition) is 1. The summed E-state index contributed by atoms with van der Waals surface area (Å²) in [6.07, 6.45) is 0.564. The third-order valence-electron chi connectivity index (χ3n) is 4.07. The highest BCUT2D eigenvalue weighted by molar-refractivity contribution is 5.85. The van der Waals surface area contributed by atoms with Crippen LogP contribution in [0, 0.1) is 10.7 Å². The van der Waals surface area contributed by atoms with Crippen molar-refractivity contribution < 1.29 is 9.13 Å². The molecule has 0 atom stereocenters. The summed E-state index contributed by atoms with van der Waals surface area (Å²) in [6, 6.07) is 16.9. The van der Waals surface area contributed by atoms with Crippen molar-refractivity contribution >= 4 is 11.4 Å². The Balaban J connectivity index is 2.07. The Labute approximate surface area is 145 Å². The van der Waals surface area contributed by atoms with Crippen molar-refractivity contribution in [1.82, 2.24) is 0 Å². The van der Waals surface area contributed by atoms with Crippen LogP contribution in [0.5, 0.6) is 5.75 Å². The van der Waals surface area contributed by atoms with Crippen molar-refractivity contribution in [3.63, 3.8) is 0 Å². The van der Waals surface area contributed by atoms with E-state index in [0.717, 1.165) is 16.7 Å². The van der Waals surface area contributed by atoms with Gasteiger partial charge in [0.2, 0.25) is 0 Å². The summed E-state index contributed by atoms with van der Waals surface area (Å²) < 4.78 is 18.5. The lowest BCUT2D eigenvalue weighted by Crippen LogP contribution is -2.01. The van der Waals surface area contributed by atoms with Crippen LogP contribution in [0.1, 0.15) is 11.1 Å². The smallest absolute Gasteiger partial charge is 0.128 e. The summed E-state index contributed by atoms with van der Waals surface area (Å²) in [5.74, 6) is 0.341. The molecule has 0 spiro atoms. The van der Waals surface area contributed by atoms with E-state index in [1.165, 1.54) is 12.1 Å². The van der Waals surface area contributed by atoms with E-state index in [1.807, 2.05) is 18.2 Å². The zero-order valence-corrected chi connectivity index (χ0v) is 13.7. The highest BCUT2D eigenvalue weighted by Gasteiger charge is 2.14. The maximum absolute atomic E-state index is 13.1. The number of nitrogen functional groups attached to an aromatic ring is 1. The molecule has 0 radical (unpaired) electrons. The standard InChI is InChI=1S/C20H17FN2O2/c1-25-18-10-7-15(11-13-5-8-16(21)9-6-13)20(22)19(18)14-3-2-4-17(12-14)23-24/h2-10,12H,11,22H2,1H3. The Kier molecular flexibility index (Phi) is 4.75. The highest BCUT2D eigenvalue weighted by Crippen LogP contribution is 2.39. The first-order chi connectivity index (χ1) is 12.1. The summed E-state index contributed by atoms with van der Waals surface area (Å²) in [6.45, 7) is 0. The number of nitroso groups, excluding NO2 is 1. The fourth-order valence-electron chi connectivity index (χ4n) is 2.81. The van der Waals surface area contributed by atoms with E-state index in [-0.39, 0.29) is 5.82 Å². The molecule has 0 bridgehead atoms. The molecule has 0 heterocycles. The van der Waals surface area contributed by atoms with Gasteiger partial charge in [0.15, 0.2) is 0 Å². The number of rotatable bonds is 5. The second kappa shape index (κ2) is 7.13. The molecule has 2 N–H and O–H groups in total. The SMILES string of the molecule is COc1ccc(Cc2ccc(F)cc2)c(N)c1-c1cccc(N=O)c1. The van der Waals surface area contributed by atoms with Crippen LogP contribution in [0.4, 0.5) is 15.8 Å². The minimum absolute atomic E-state index is 0.273. The highest BCUT2D eigenvalue weighted by atomic mass is 19.1. The van der Waals surface area contributed by atoms with E-state index in [4.69, 9.17) is 10.5 Å². The Morgan fingerprint density at radius 2 is 1.84 bits per heavy atom. The van der Waals surface area contributed by atoms with Crippen LogP contribution in [0.2, 0.25) is 0 Å². The monoisotopic (exact) mass is 336 g/mol. The molecule has 0 saturated carbocycles. The first kappa shape index (κ1) is 16.6. The molecule has 25 heavy (non-hydrogen) atoms. The van der Waals surface area contributed by atoms with Gasteiger partial charge in [-0.2, -0.15) is 0 Å². The average Bonchev–Trinajstić information content (AvgIpc) is 2.65. The van der Waals surface area contributed by atoms with Gasteiger partial charge in [-0.15, -0.1) is 4.91 Å². The molecular formula is C20H17FN2O2. The molecule has 0 unspecified atom stereocenters. The minimum Gasteiger partial charge on any atom is -0.496 e. The molecule has 4 nitrogen and oxygen atoms in total. The van der Waals surface area contributed by atoms with Crippen molar-refractivity contribution in [1.29, 1.82) is 0 Å². The number of ether oxygens (including phenoxy) is 1. The molecule has 3 aromatic rings. The van der Waals surface area contributed by atoms with Gasteiger partial charge >= 0.3 is 0 Å². The molecule has 5 heteroatoms. The van der Waals surface area contributed by atoms with Crippen molar-refractivity contribution in [2.75, 3.05) is 12.8 Å². The van der Waals surface area contributed by atoms with Gasteiger partial charge in [0.05, 0.1) is 7.11 Å². The molecule has 0 saturated heterocycles. The lowest BCUT2D eigenvalue weighted by Gasteiger charge is -2.16. The first-order valence-electron chi connectivity index (χ1n) is 7.76. The Bertz CT molecular complexity index is 908. The molecule has 0 aliphatic heterocycles. The predicted octanol–water partition coefficient (Wildman–Crippen LogP) is 5.07. The third kappa shape index (κ3) is 3.50. The van der Waals surface area contributed by atoms with E-state index >= 15 is 0 Å². The largest absolute Gasteiger partial charge is 0.496 e. The maximum Gasteiger partial charge on any atom is 0.128 e. The van der Waals surface area contributed by atoms with E-state index < -0.39 is 0 Å². The molecule has 0 aromatic heterocycles. The summed E-state index contributed by atoms with van der Waals surface area (Å²) in [5.41, 5.74) is 10.6. The van der Waals surface area contributed by atoms with Gasteiger partial charge < -0.3 is 10.5 Å². The average molecular weight is 336 g/mol. The maximum atomic E-state index is 13.1. The van der Waals surface area contributed by atoms with Crippen LogP contribution in [0.25, 0.3) is 11.1 Å². The number of methoxy groups -OCH3 is 1. The fraction of sp³-hybridized carbons (Fsp3) is 0.100. The van der Waals surface area contributed by atoms with Crippen molar-refractivity contribution in [2.45, 2.75) is 6.42 Å². The third-order valence-corrected chi connectivity index (χ3v) is 4.07. The molecule has 0 aliphatic carbocycles. The van der Waals surface area contributed by atoms with Gasteiger partial charge in [-0.3, -0.25) is 0 Å². The Morgan fingerprint density at radius 3 is 2.52 bits per heavy atom. The zero-order chi connectivity index (χ0) is 17.8. The molecule has 126 valence electrons. The number of nitrogens with zero attached hydrogens (tertiary/aromatic N) is 1. The predicted molar refractivity (Wildman–Crippen MR) is 97.5 cm³/mol. The van der Waals surface area contributed by atoms with Crippen LogP contribution < -0.4 is 10.5 Å². The summed E-state index contributed by atoms with van der Waals surface area (Å²) in [5, 5.41) is 2.97. The van der Waals surface area contributed by atoms with E-state index in [9.17, 15) is 9.30 Å². The van der Waals surface area contributed by atoms with Gasteiger partial charge in [0.1, 0.15) is 17.3 Å². The number of halogens is 1. The summed E-state index contributed by atoms with van der Waals surface area (Å²) in [4.78, 5) is 10.8. The van der Waals surface area contributed by atoms with E-state index in [1.54, 1.807) is 37.4 Å². The Hall–Kier alpha value is -3.21. The minimum atomic E-state index is -0.273. The molecular weight excluding hydrogens is 319 g/mol. The lowest BCUT2D eigenvalue weighted by atomic mass is 9.95. The van der Waals surface area contributed by atoms with Crippen LogP contribution in [0.15, 0.2) is 65.8 Å². The second-order valence-corrected chi connectivity index (χ2v) is 5.66. The van der Waals surface area contributed by atoms with Gasteiger partial charge in [-0.1, -0.05) is 30.3 Å². The Morgan fingerprint density at radius 1 is 1.08 bits per heavy atom. The summed E-state index contributed by atoms with van der Waals surface area (Å²) in [7, 11) is 1.57. The van der Waals surface area contributed by atoms with Gasteiger partial charge in [0, 0.05) is 11.3 Å². The van der Waals surface area contributed by atoms with Gasteiger partial charge in [-0.25, -0.2) is 4.39 Å². The van der Waals surface area contributed by atoms with Crippen LogP contribution in [-0.4, -0.2) is 7.11 Å². The quantitative estimate of drug-likeness (QED) is 0.522. The first-order valence-corrected chi connectivity index (χ1v) is 7.76. The lowest BCUT2D eigenvalue weighted by molar-refractivity contribution is 0.416. The number of anilines is 1. The molecule has 0 fully saturated rings. The summed E-state index contributed by atoms with van der Waals surface area (Å²) >= 11 is 0. The van der Waals surface area contributed by atoms with Crippen LogP contribution in [-0.2, 0) is 6.42 Å². The van der Waals surface area contributed by atoms with E-state index in [2.05, 4.69) is 5.18 Å². The van der Waals surface area contributed by atoms with E-state index in [0.29, 0.717) is 29.1 Å². The van der Waals surface area contributed by atoms with Gasteiger partial charge in [-0.05, 0) is 58.6 Å². The molecule has 3 rings (SSSR count). The number of benzene rings is 3. The normalized spacial score (nSPS) is 10.5. The number of hydrogen-bond acceptors (Lipinski definition) is 4. The zero-order valence-electron chi connectivity index (χ0n) is 13.7. The van der Waals surface area contributed by atoms with Crippen molar-refractivity contribution in [3.8, 4) is 16.9 Å². The molecule has 0 aliphatic rings. The number of nitrogens with two attached hydrogens (primary N) is 1. The molecule has 0 amide bonds. The fourth-order valence-corrected chi connectivity index (χ4v) is 2.81.